The second kappa shape index (κ2) is 6.86. The van der Waals surface area contributed by atoms with Crippen molar-refractivity contribution in [2.24, 2.45) is 0 Å². The Balaban J connectivity index is 2.01. The van der Waals surface area contributed by atoms with Crippen LogP contribution in [0.4, 0.5) is 0 Å². The summed E-state index contributed by atoms with van der Waals surface area (Å²) in [6.45, 7) is 1.01. The zero-order valence-electron chi connectivity index (χ0n) is 8.68. The predicted molar refractivity (Wildman–Crippen MR) is 53.2 cm³/mol. The van der Waals surface area contributed by atoms with Crippen LogP contribution in [0, 0.1) is 0 Å². The van der Waals surface area contributed by atoms with E-state index in [1.54, 1.807) is 6.29 Å². The molecule has 87 valence electrons. The number of rotatable bonds is 8. The van der Waals surface area contributed by atoms with Gasteiger partial charge < -0.3 is 9.47 Å². The van der Waals surface area contributed by atoms with Crippen molar-refractivity contribution in [2.75, 3.05) is 33.0 Å². The standard InChI is InChI=1S/C10H12NO5/c12-4-6-16-8-7-15-5-3-11-9(13)1-2-10(11)14/h1-2H,3,5-8H2. The topological polar surface area (TPSA) is 72.9 Å². The lowest BCUT2D eigenvalue weighted by Gasteiger charge is -2.13. The van der Waals surface area contributed by atoms with E-state index in [9.17, 15) is 14.4 Å². The molecule has 1 rings (SSSR count). The first-order valence-electron chi connectivity index (χ1n) is 4.79. The van der Waals surface area contributed by atoms with Crippen molar-refractivity contribution in [1.29, 1.82) is 0 Å². The summed E-state index contributed by atoms with van der Waals surface area (Å²) in [6.07, 6.45) is 4.04. The molecule has 1 heterocycles. The molecule has 0 fully saturated rings. The van der Waals surface area contributed by atoms with Crippen LogP contribution in [0.2, 0.25) is 0 Å². The molecule has 0 aromatic heterocycles. The van der Waals surface area contributed by atoms with Crippen molar-refractivity contribution in [3.8, 4) is 0 Å². The molecule has 0 unspecified atom stereocenters. The van der Waals surface area contributed by atoms with E-state index in [2.05, 4.69) is 0 Å². The third-order valence-corrected chi connectivity index (χ3v) is 1.89. The Bertz CT molecular complexity index is 282. The van der Waals surface area contributed by atoms with Gasteiger partial charge in [0.1, 0.15) is 6.61 Å². The highest BCUT2D eigenvalue weighted by atomic mass is 16.5. The summed E-state index contributed by atoms with van der Waals surface area (Å²) >= 11 is 0. The summed E-state index contributed by atoms with van der Waals surface area (Å²) in [5.41, 5.74) is 0. The Morgan fingerprint density at radius 1 is 1.06 bits per heavy atom. The molecule has 0 bridgehead atoms. The van der Waals surface area contributed by atoms with Crippen LogP contribution in [0.25, 0.3) is 0 Å². The van der Waals surface area contributed by atoms with E-state index < -0.39 is 0 Å². The molecule has 1 aliphatic heterocycles. The SMILES string of the molecule is O=[C]COCCOCCN1C(=O)C=CC1=O. The smallest absolute Gasteiger partial charge is 0.253 e. The van der Waals surface area contributed by atoms with E-state index >= 15 is 0 Å². The lowest BCUT2D eigenvalue weighted by molar-refractivity contribution is -0.137. The van der Waals surface area contributed by atoms with E-state index in [1.165, 1.54) is 12.2 Å². The molecule has 1 radical (unpaired) electrons. The van der Waals surface area contributed by atoms with Gasteiger partial charge in [0.2, 0.25) is 6.29 Å². The highest BCUT2D eigenvalue weighted by molar-refractivity contribution is 6.12. The fourth-order valence-corrected chi connectivity index (χ4v) is 1.14. The summed E-state index contributed by atoms with van der Waals surface area (Å²) in [5, 5.41) is 0. The largest absolute Gasteiger partial charge is 0.377 e. The summed E-state index contributed by atoms with van der Waals surface area (Å²) < 4.78 is 9.90. The maximum Gasteiger partial charge on any atom is 0.253 e. The average molecular weight is 226 g/mol. The van der Waals surface area contributed by atoms with Crippen LogP contribution in [0.3, 0.4) is 0 Å². The molecule has 16 heavy (non-hydrogen) atoms. The fraction of sp³-hybridized carbons (Fsp3) is 0.500. The van der Waals surface area contributed by atoms with E-state index in [0.29, 0.717) is 6.61 Å². The molecule has 0 saturated carbocycles. The second-order valence-electron chi connectivity index (χ2n) is 2.97. The number of hydrogen-bond acceptors (Lipinski definition) is 5. The van der Waals surface area contributed by atoms with Crippen LogP contribution in [0.1, 0.15) is 0 Å². The quantitative estimate of drug-likeness (QED) is 0.394. The number of nitrogens with zero attached hydrogens (tertiary/aromatic N) is 1. The van der Waals surface area contributed by atoms with Gasteiger partial charge in [-0.3, -0.25) is 19.3 Å². The molecular weight excluding hydrogens is 214 g/mol. The highest BCUT2D eigenvalue weighted by Gasteiger charge is 2.22. The number of carbonyl (C=O) groups excluding carboxylic acids is 3. The zero-order valence-corrected chi connectivity index (χ0v) is 8.68. The predicted octanol–water partition coefficient (Wildman–Crippen LogP) is -0.946. The average Bonchev–Trinajstić information content (AvgIpc) is 2.59. The Hall–Kier alpha value is -1.53. The molecule has 0 N–H and O–H groups in total. The molecule has 1 aliphatic rings. The van der Waals surface area contributed by atoms with Crippen LogP contribution in [0.5, 0.6) is 0 Å². The van der Waals surface area contributed by atoms with E-state index in [1.807, 2.05) is 0 Å². The van der Waals surface area contributed by atoms with Crippen LogP contribution in [-0.2, 0) is 23.9 Å². The van der Waals surface area contributed by atoms with Gasteiger partial charge in [0.15, 0.2) is 0 Å². The minimum Gasteiger partial charge on any atom is -0.377 e. The number of amides is 2. The third kappa shape index (κ3) is 3.92. The lowest BCUT2D eigenvalue weighted by atomic mass is 10.5. The maximum atomic E-state index is 11.1. The number of carbonyl (C=O) groups is 2. The Morgan fingerprint density at radius 3 is 2.31 bits per heavy atom. The normalized spacial score (nSPS) is 14.9. The molecule has 0 aliphatic carbocycles. The van der Waals surface area contributed by atoms with E-state index in [4.69, 9.17) is 9.47 Å². The highest BCUT2D eigenvalue weighted by Crippen LogP contribution is 2.02. The third-order valence-electron chi connectivity index (χ3n) is 1.89. The van der Waals surface area contributed by atoms with Gasteiger partial charge in [0, 0.05) is 12.2 Å². The van der Waals surface area contributed by atoms with Crippen molar-refractivity contribution in [2.45, 2.75) is 0 Å². The number of hydrogen-bond donors (Lipinski definition) is 0. The van der Waals surface area contributed by atoms with Crippen LogP contribution in [0.15, 0.2) is 12.2 Å². The van der Waals surface area contributed by atoms with E-state index in [0.717, 1.165) is 4.90 Å². The van der Waals surface area contributed by atoms with E-state index in [-0.39, 0.29) is 38.2 Å². The molecule has 2 amide bonds. The van der Waals surface area contributed by atoms with Gasteiger partial charge in [-0.2, -0.15) is 0 Å². The van der Waals surface area contributed by atoms with Crippen LogP contribution < -0.4 is 0 Å². The molecule has 0 aromatic carbocycles. The first kappa shape index (κ1) is 12.5. The molecule has 0 spiro atoms. The van der Waals surface area contributed by atoms with Crippen molar-refractivity contribution in [3.05, 3.63) is 12.2 Å². The van der Waals surface area contributed by atoms with Gasteiger partial charge in [0.25, 0.3) is 11.8 Å². The van der Waals surface area contributed by atoms with Gasteiger partial charge >= 0.3 is 0 Å². The number of imide groups is 1. The monoisotopic (exact) mass is 226 g/mol. The second-order valence-corrected chi connectivity index (χ2v) is 2.97. The first-order chi connectivity index (χ1) is 7.75. The lowest BCUT2D eigenvalue weighted by Crippen LogP contribution is -2.33. The van der Waals surface area contributed by atoms with Crippen LogP contribution >= 0.6 is 0 Å². The van der Waals surface area contributed by atoms with Crippen LogP contribution in [-0.4, -0.2) is 56.0 Å². The van der Waals surface area contributed by atoms with Crippen molar-refractivity contribution in [1.82, 2.24) is 4.90 Å². The summed E-state index contributed by atoms with van der Waals surface area (Å²) in [4.78, 5) is 33.0. The number of ether oxygens (including phenoxy) is 2. The molecule has 6 nitrogen and oxygen atoms in total. The molecule has 0 aromatic rings. The molecule has 0 saturated heterocycles. The fourth-order valence-electron chi connectivity index (χ4n) is 1.14. The van der Waals surface area contributed by atoms with Gasteiger partial charge in [-0.15, -0.1) is 0 Å². The van der Waals surface area contributed by atoms with Gasteiger partial charge in [-0.05, 0) is 0 Å². The zero-order chi connectivity index (χ0) is 11.8. The molecule has 6 heteroatoms. The van der Waals surface area contributed by atoms with Gasteiger partial charge in [-0.1, -0.05) is 0 Å². The summed E-state index contributed by atoms with van der Waals surface area (Å²) in [6, 6.07) is 0. The van der Waals surface area contributed by atoms with Crippen molar-refractivity contribution >= 4 is 18.1 Å². The molecular formula is C10H12NO5. The van der Waals surface area contributed by atoms with Crippen molar-refractivity contribution in [3.63, 3.8) is 0 Å². The summed E-state index contributed by atoms with van der Waals surface area (Å²) in [5.74, 6) is -0.638. The molecule has 0 atom stereocenters. The van der Waals surface area contributed by atoms with Gasteiger partial charge in [-0.25, -0.2) is 0 Å². The van der Waals surface area contributed by atoms with Gasteiger partial charge in [0.05, 0.1) is 26.4 Å². The Kier molecular flexibility index (Phi) is 5.38. The minimum absolute atomic E-state index is 0.0730. The van der Waals surface area contributed by atoms with Crippen molar-refractivity contribution < 1.29 is 23.9 Å². The summed E-state index contributed by atoms with van der Waals surface area (Å²) in [7, 11) is 0. The maximum absolute atomic E-state index is 11.1. The minimum atomic E-state index is -0.319. The Morgan fingerprint density at radius 2 is 1.69 bits per heavy atom. The Labute approximate surface area is 92.8 Å². The first-order valence-corrected chi connectivity index (χ1v) is 4.79.